The number of hydrogen-bond donors (Lipinski definition) is 3. The van der Waals surface area contributed by atoms with Crippen LogP contribution in [0, 0.1) is 0 Å². The van der Waals surface area contributed by atoms with Crippen LogP contribution >= 0.6 is 0 Å². The minimum Gasteiger partial charge on any atom is -0.508 e. The van der Waals surface area contributed by atoms with Crippen LogP contribution in [0.2, 0.25) is 0 Å². The maximum absolute atomic E-state index is 12.1. The Labute approximate surface area is 135 Å². The Morgan fingerprint density at radius 3 is 2.83 bits per heavy atom. The maximum atomic E-state index is 12.1. The number of hydrogen-bond acceptors (Lipinski definition) is 5. The van der Waals surface area contributed by atoms with E-state index >= 15 is 0 Å². The maximum Gasteiger partial charge on any atom is 0.279 e. The van der Waals surface area contributed by atoms with Gasteiger partial charge in [-0.3, -0.25) is 4.79 Å². The van der Waals surface area contributed by atoms with Crippen molar-refractivity contribution in [1.29, 1.82) is 0 Å². The van der Waals surface area contributed by atoms with E-state index in [1.807, 2.05) is 6.92 Å². The number of carbonyl (C=O) groups excluding carboxylic acids is 1. The van der Waals surface area contributed by atoms with E-state index in [4.69, 9.17) is 15.2 Å². The molecule has 7 nitrogen and oxygen atoms in total. The van der Waals surface area contributed by atoms with Gasteiger partial charge in [-0.1, -0.05) is 6.92 Å². The fourth-order valence-electron chi connectivity index (χ4n) is 1.78. The van der Waals surface area contributed by atoms with Crippen molar-refractivity contribution in [1.82, 2.24) is 5.32 Å². The van der Waals surface area contributed by atoms with Gasteiger partial charge in [0.05, 0.1) is 6.61 Å². The number of aliphatic imine (C=N–C) groups is 1. The quantitative estimate of drug-likeness (QED) is 0.494. The zero-order chi connectivity index (χ0) is 17.2. The van der Waals surface area contributed by atoms with Crippen molar-refractivity contribution >= 4 is 11.7 Å². The van der Waals surface area contributed by atoms with Gasteiger partial charge in [-0.05, 0) is 30.8 Å². The predicted molar refractivity (Wildman–Crippen MR) is 88.8 cm³/mol. The molecule has 0 spiro atoms. The van der Waals surface area contributed by atoms with Crippen LogP contribution in [-0.2, 0) is 4.74 Å². The van der Waals surface area contributed by atoms with Gasteiger partial charge in [0.25, 0.3) is 5.91 Å². The molecule has 0 saturated carbocycles. The zero-order valence-corrected chi connectivity index (χ0v) is 13.6. The number of amides is 1. The Kier molecular flexibility index (Phi) is 7.62. The van der Waals surface area contributed by atoms with Crippen LogP contribution in [0.15, 0.2) is 35.5 Å². The standard InChI is InChI=1S/C16H23N3O4/c1-4-13(10-22-3)23-14-8-11(7-12(20)9-14)16(21)19-15(17)5-6-18-2/h5-9,13,18,20H,4,10H2,1-3H3,(H2,17,19,21)/b6-5-. The third kappa shape index (κ3) is 6.39. The summed E-state index contributed by atoms with van der Waals surface area (Å²) in [5, 5.41) is 12.5. The first-order chi connectivity index (χ1) is 11.0. The molecular weight excluding hydrogens is 298 g/mol. The van der Waals surface area contributed by atoms with Crippen molar-refractivity contribution in [2.45, 2.75) is 19.4 Å². The third-order valence-electron chi connectivity index (χ3n) is 2.90. The molecule has 0 saturated heterocycles. The van der Waals surface area contributed by atoms with Crippen molar-refractivity contribution in [2.75, 3.05) is 20.8 Å². The number of nitrogens with two attached hydrogens (primary N) is 1. The summed E-state index contributed by atoms with van der Waals surface area (Å²) in [7, 11) is 3.29. The molecular formula is C16H23N3O4. The molecule has 1 atom stereocenters. The second-order valence-electron chi connectivity index (χ2n) is 4.78. The normalized spacial score (nSPS) is 13.1. The van der Waals surface area contributed by atoms with Crippen LogP contribution in [0.1, 0.15) is 23.7 Å². The van der Waals surface area contributed by atoms with E-state index < -0.39 is 5.91 Å². The number of aromatic hydroxyl groups is 1. The summed E-state index contributed by atoms with van der Waals surface area (Å²) >= 11 is 0. The summed E-state index contributed by atoms with van der Waals surface area (Å²) < 4.78 is 10.8. The molecule has 126 valence electrons. The third-order valence-corrected chi connectivity index (χ3v) is 2.90. The van der Waals surface area contributed by atoms with E-state index in [-0.39, 0.29) is 23.3 Å². The highest BCUT2D eigenvalue weighted by atomic mass is 16.5. The van der Waals surface area contributed by atoms with Crippen LogP contribution in [-0.4, -0.2) is 43.7 Å². The molecule has 0 bridgehead atoms. The number of methoxy groups -OCH3 is 1. The highest BCUT2D eigenvalue weighted by molar-refractivity contribution is 6.06. The lowest BCUT2D eigenvalue weighted by molar-refractivity contribution is 0.0784. The number of benzene rings is 1. The Morgan fingerprint density at radius 1 is 1.48 bits per heavy atom. The number of phenolic OH excluding ortho intramolecular Hbond substituents is 1. The average Bonchev–Trinajstić information content (AvgIpc) is 2.51. The number of rotatable bonds is 8. The van der Waals surface area contributed by atoms with Crippen molar-refractivity contribution in [2.24, 2.45) is 10.7 Å². The first kappa shape index (κ1) is 18.5. The molecule has 7 heteroatoms. The highest BCUT2D eigenvalue weighted by Gasteiger charge is 2.12. The number of ether oxygens (including phenoxy) is 2. The van der Waals surface area contributed by atoms with Gasteiger partial charge < -0.3 is 25.6 Å². The van der Waals surface area contributed by atoms with Gasteiger partial charge in [0.15, 0.2) is 0 Å². The first-order valence-corrected chi connectivity index (χ1v) is 7.22. The van der Waals surface area contributed by atoms with Crippen molar-refractivity contribution in [3.63, 3.8) is 0 Å². The van der Waals surface area contributed by atoms with Gasteiger partial charge in [0.1, 0.15) is 23.4 Å². The fourth-order valence-corrected chi connectivity index (χ4v) is 1.78. The minimum atomic E-state index is -0.566. The minimum absolute atomic E-state index is 0.0565. The van der Waals surface area contributed by atoms with E-state index in [0.29, 0.717) is 12.4 Å². The molecule has 1 amide bonds. The Hall–Kier alpha value is -2.54. The molecule has 4 N–H and O–H groups in total. The number of nitrogens with one attached hydrogen (secondary N) is 1. The smallest absolute Gasteiger partial charge is 0.279 e. The van der Waals surface area contributed by atoms with Crippen molar-refractivity contribution in [3.8, 4) is 11.5 Å². The van der Waals surface area contributed by atoms with Crippen LogP contribution in [0.25, 0.3) is 0 Å². The molecule has 0 aliphatic rings. The molecule has 1 unspecified atom stereocenters. The Morgan fingerprint density at radius 2 is 2.22 bits per heavy atom. The molecule has 0 heterocycles. The molecule has 0 radical (unpaired) electrons. The molecule has 0 aliphatic carbocycles. The average molecular weight is 321 g/mol. The second-order valence-corrected chi connectivity index (χ2v) is 4.78. The SMILES string of the molecule is CCC(COC)Oc1cc(O)cc(C(=O)N=C(N)/C=C\NC)c1. The monoisotopic (exact) mass is 321 g/mol. The van der Waals surface area contributed by atoms with Crippen LogP contribution in [0.4, 0.5) is 0 Å². The molecule has 1 rings (SSSR count). The van der Waals surface area contributed by atoms with E-state index in [0.717, 1.165) is 6.42 Å². The number of phenols is 1. The number of amidine groups is 1. The van der Waals surface area contributed by atoms with Crippen LogP contribution in [0.3, 0.4) is 0 Å². The summed E-state index contributed by atoms with van der Waals surface area (Å²) in [5.74, 6) is -0.223. The first-order valence-electron chi connectivity index (χ1n) is 7.22. The second kappa shape index (κ2) is 9.47. The molecule has 0 fully saturated rings. The lowest BCUT2D eigenvalue weighted by atomic mass is 10.2. The molecule has 23 heavy (non-hydrogen) atoms. The topological polar surface area (TPSA) is 106 Å². The predicted octanol–water partition coefficient (Wildman–Crippen LogP) is 1.43. The number of carbonyl (C=O) groups is 1. The van der Waals surface area contributed by atoms with Crippen LogP contribution < -0.4 is 15.8 Å². The van der Waals surface area contributed by atoms with Gasteiger partial charge in [-0.2, -0.15) is 4.99 Å². The summed E-state index contributed by atoms with van der Waals surface area (Å²) in [5.41, 5.74) is 5.80. The Bertz CT molecular complexity index is 585. The summed E-state index contributed by atoms with van der Waals surface area (Å²) in [6.45, 7) is 2.37. The zero-order valence-electron chi connectivity index (χ0n) is 13.6. The highest BCUT2D eigenvalue weighted by Crippen LogP contribution is 2.24. The summed E-state index contributed by atoms with van der Waals surface area (Å²) in [4.78, 5) is 15.8. The van der Waals surface area contributed by atoms with E-state index in [1.165, 1.54) is 24.3 Å². The van der Waals surface area contributed by atoms with E-state index in [1.54, 1.807) is 20.4 Å². The van der Waals surface area contributed by atoms with Gasteiger partial charge >= 0.3 is 0 Å². The van der Waals surface area contributed by atoms with Gasteiger partial charge in [-0.25, -0.2) is 0 Å². The molecule has 1 aromatic carbocycles. The van der Waals surface area contributed by atoms with Gasteiger partial charge in [0.2, 0.25) is 0 Å². The molecule has 1 aromatic rings. The van der Waals surface area contributed by atoms with Gasteiger partial charge in [-0.15, -0.1) is 0 Å². The van der Waals surface area contributed by atoms with E-state index in [2.05, 4.69) is 10.3 Å². The van der Waals surface area contributed by atoms with Crippen LogP contribution in [0.5, 0.6) is 11.5 Å². The van der Waals surface area contributed by atoms with E-state index in [9.17, 15) is 9.90 Å². The summed E-state index contributed by atoms with van der Waals surface area (Å²) in [6.07, 6.45) is 3.58. The van der Waals surface area contributed by atoms with Crippen molar-refractivity contribution in [3.05, 3.63) is 36.0 Å². The number of nitrogens with zero attached hydrogens (tertiary/aromatic N) is 1. The Balaban J connectivity index is 2.96. The summed E-state index contributed by atoms with van der Waals surface area (Å²) in [6, 6.07) is 4.26. The lowest BCUT2D eigenvalue weighted by Gasteiger charge is -2.17. The molecule has 0 aromatic heterocycles. The largest absolute Gasteiger partial charge is 0.508 e. The fraction of sp³-hybridized carbons (Fsp3) is 0.375. The van der Waals surface area contributed by atoms with Gasteiger partial charge in [0, 0.05) is 25.8 Å². The van der Waals surface area contributed by atoms with Crippen molar-refractivity contribution < 1.29 is 19.4 Å². The molecule has 0 aliphatic heterocycles. The lowest BCUT2D eigenvalue weighted by Crippen LogP contribution is -2.21.